The smallest absolute Gasteiger partial charge is 0.251 e. The number of sulfonamides is 1. The molecule has 0 fully saturated rings. The van der Waals surface area contributed by atoms with Crippen LogP contribution in [0.15, 0.2) is 59.5 Å². The summed E-state index contributed by atoms with van der Waals surface area (Å²) in [6.07, 6.45) is 1.74. The lowest BCUT2D eigenvalue weighted by molar-refractivity contribution is 0.0934. The van der Waals surface area contributed by atoms with Gasteiger partial charge in [0.25, 0.3) is 5.91 Å². The summed E-state index contributed by atoms with van der Waals surface area (Å²) < 4.78 is 25.6. The van der Waals surface area contributed by atoms with Gasteiger partial charge in [0.05, 0.1) is 10.9 Å². The molecule has 0 spiro atoms. The number of hydrogen-bond donors (Lipinski definition) is 1. The van der Waals surface area contributed by atoms with Crippen molar-refractivity contribution < 1.29 is 13.2 Å². The van der Waals surface area contributed by atoms with Crippen LogP contribution in [-0.2, 0) is 10.0 Å². The highest BCUT2D eigenvalue weighted by atomic mass is 32.2. The third kappa shape index (κ3) is 4.67. The molecule has 0 unspecified atom stereocenters. The van der Waals surface area contributed by atoms with Crippen molar-refractivity contribution in [3.05, 3.63) is 65.7 Å². The van der Waals surface area contributed by atoms with E-state index in [-0.39, 0.29) is 16.8 Å². The summed E-state index contributed by atoms with van der Waals surface area (Å²) in [5.74, 6) is -0.280. The first-order valence-electron chi connectivity index (χ1n) is 8.24. The Morgan fingerprint density at radius 3 is 2.36 bits per heavy atom. The van der Waals surface area contributed by atoms with Gasteiger partial charge in [-0.15, -0.1) is 0 Å². The monoisotopic (exact) mass is 360 g/mol. The van der Waals surface area contributed by atoms with Crippen molar-refractivity contribution in [2.45, 2.75) is 30.7 Å². The normalized spacial score (nSPS) is 12.8. The second-order valence-corrected chi connectivity index (χ2v) is 8.19. The van der Waals surface area contributed by atoms with Crippen molar-refractivity contribution in [1.29, 1.82) is 0 Å². The predicted molar refractivity (Wildman–Crippen MR) is 98.9 cm³/mol. The summed E-state index contributed by atoms with van der Waals surface area (Å²) in [5, 5.41) is 3.01. The van der Waals surface area contributed by atoms with E-state index in [0.717, 1.165) is 22.7 Å². The van der Waals surface area contributed by atoms with Crippen LogP contribution in [0.4, 0.5) is 0 Å². The SMILES string of the molecule is CCC[C@H](NC(=O)c1cccc(S(=O)(=O)N(C)C)c1)c1ccccc1. The van der Waals surface area contributed by atoms with Crippen molar-refractivity contribution in [2.75, 3.05) is 14.1 Å². The lowest BCUT2D eigenvalue weighted by Crippen LogP contribution is -2.29. The van der Waals surface area contributed by atoms with E-state index < -0.39 is 10.0 Å². The summed E-state index contributed by atoms with van der Waals surface area (Å²) in [4.78, 5) is 12.7. The molecule has 6 heteroatoms. The van der Waals surface area contributed by atoms with E-state index in [0.29, 0.717) is 5.56 Å². The number of hydrogen-bond acceptors (Lipinski definition) is 3. The van der Waals surface area contributed by atoms with Crippen molar-refractivity contribution in [2.24, 2.45) is 0 Å². The molecule has 0 saturated carbocycles. The Bertz CT molecular complexity index is 818. The molecule has 1 amide bonds. The zero-order valence-electron chi connectivity index (χ0n) is 14.8. The van der Waals surface area contributed by atoms with Gasteiger partial charge in [-0.1, -0.05) is 49.7 Å². The van der Waals surface area contributed by atoms with Gasteiger partial charge < -0.3 is 5.32 Å². The molecular formula is C19H24N2O3S. The van der Waals surface area contributed by atoms with Gasteiger partial charge in [-0.05, 0) is 30.2 Å². The maximum absolute atomic E-state index is 12.6. The third-order valence-electron chi connectivity index (χ3n) is 3.96. The molecule has 134 valence electrons. The minimum Gasteiger partial charge on any atom is -0.345 e. The van der Waals surface area contributed by atoms with Crippen LogP contribution in [-0.4, -0.2) is 32.7 Å². The van der Waals surface area contributed by atoms with E-state index in [4.69, 9.17) is 0 Å². The van der Waals surface area contributed by atoms with E-state index in [1.54, 1.807) is 12.1 Å². The Kier molecular flexibility index (Phi) is 6.33. The minimum atomic E-state index is -3.57. The first kappa shape index (κ1) is 19.1. The standard InChI is InChI=1S/C19H24N2O3S/c1-4-9-18(15-10-6-5-7-11-15)20-19(22)16-12-8-13-17(14-16)25(23,24)21(2)3/h5-8,10-14,18H,4,9H2,1-3H3,(H,20,22)/t18-/m0/s1. The lowest BCUT2D eigenvalue weighted by atomic mass is 10.0. The summed E-state index contributed by atoms with van der Waals surface area (Å²) in [6, 6.07) is 15.8. The number of amides is 1. The number of rotatable bonds is 7. The number of carbonyl (C=O) groups excluding carboxylic acids is 1. The molecule has 0 bridgehead atoms. The van der Waals surface area contributed by atoms with E-state index in [9.17, 15) is 13.2 Å². The molecule has 2 aromatic rings. The molecule has 0 aliphatic carbocycles. The fourth-order valence-electron chi connectivity index (χ4n) is 2.55. The Hall–Kier alpha value is -2.18. The number of nitrogens with zero attached hydrogens (tertiary/aromatic N) is 1. The molecule has 0 aromatic heterocycles. The van der Waals surface area contributed by atoms with E-state index in [1.807, 2.05) is 30.3 Å². The van der Waals surface area contributed by atoms with E-state index in [2.05, 4.69) is 12.2 Å². The van der Waals surface area contributed by atoms with Gasteiger partial charge in [-0.25, -0.2) is 12.7 Å². The minimum absolute atomic E-state index is 0.104. The van der Waals surface area contributed by atoms with Crippen molar-refractivity contribution in [3.63, 3.8) is 0 Å². The Morgan fingerprint density at radius 2 is 1.76 bits per heavy atom. The molecule has 0 saturated heterocycles. The number of carbonyl (C=O) groups is 1. The number of nitrogens with one attached hydrogen (secondary N) is 1. The van der Waals surface area contributed by atoms with Crippen molar-refractivity contribution >= 4 is 15.9 Å². The highest BCUT2D eigenvalue weighted by Crippen LogP contribution is 2.20. The van der Waals surface area contributed by atoms with Gasteiger partial charge in [0.15, 0.2) is 0 Å². The highest BCUT2D eigenvalue weighted by molar-refractivity contribution is 7.89. The van der Waals surface area contributed by atoms with Gasteiger partial charge in [0.1, 0.15) is 0 Å². The molecule has 5 nitrogen and oxygen atoms in total. The van der Waals surface area contributed by atoms with Crippen LogP contribution in [0.2, 0.25) is 0 Å². The van der Waals surface area contributed by atoms with Crippen molar-refractivity contribution in [3.8, 4) is 0 Å². The summed E-state index contributed by atoms with van der Waals surface area (Å²) in [7, 11) is -0.636. The molecule has 0 heterocycles. The molecule has 1 atom stereocenters. The predicted octanol–water partition coefficient (Wildman–Crippen LogP) is 3.21. The second kappa shape index (κ2) is 8.27. The van der Waals surface area contributed by atoms with Crippen LogP contribution >= 0.6 is 0 Å². The second-order valence-electron chi connectivity index (χ2n) is 6.04. The zero-order valence-corrected chi connectivity index (χ0v) is 15.6. The Labute approximate surface area is 149 Å². The van der Waals surface area contributed by atoms with Gasteiger partial charge in [-0.3, -0.25) is 4.79 Å². The fraction of sp³-hybridized carbons (Fsp3) is 0.316. The Balaban J connectivity index is 2.25. The summed E-state index contributed by atoms with van der Waals surface area (Å²) in [5.41, 5.74) is 1.37. The molecule has 0 aliphatic heterocycles. The van der Waals surface area contributed by atoms with Crippen LogP contribution < -0.4 is 5.32 Å². The first-order chi connectivity index (χ1) is 11.9. The van der Waals surface area contributed by atoms with Crippen LogP contribution in [0, 0.1) is 0 Å². The highest BCUT2D eigenvalue weighted by Gasteiger charge is 2.20. The van der Waals surface area contributed by atoms with Crippen LogP contribution in [0.5, 0.6) is 0 Å². The first-order valence-corrected chi connectivity index (χ1v) is 9.68. The molecule has 1 N–H and O–H groups in total. The number of benzene rings is 2. The third-order valence-corrected chi connectivity index (χ3v) is 5.77. The van der Waals surface area contributed by atoms with Crippen molar-refractivity contribution in [1.82, 2.24) is 9.62 Å². The quantitative estimate of drug-likeness (QED) is 0.824. The maximum atomic E-state index is 12.6. The molecule has 0 radical (unpaired) electrons. The molecule has 2 rings (SSSR count). The van der Waals surface area contributed by atoms with Gasteiger partial charge in [0.2, 0.25) is 10.0 Å². The maximum Gasteiger partial charge on any atom is 0.251 e. The van der Waals surface area contributed by atoms with Crippen LogP contribution in [0.3, 0.4) is 0 Å². The van der Waals surface area contributed by atoms with E-state index >= 15 is 0 Å². The van der Waals surface area contributed by atoms with Crippen LogP contribution in [0.1, 0.15) is 41.7 Å². The topological polar surface area (TPSA) is 66.5 Å². The summed E-state index contributed by atoms with van der Waals surface area (Å²) >= 11 is 0. The molecule has 25 heavy (non-hydrogen) atoms. The molecule has 0 aliphatic rings. The van der Waals surface area contributed by atoms with Gasteiger partial charge in [-0.2, -0.15) is 0 Å². The zero-order chi connectivity index (χ0) is 18.4. The summed E-state index contributed by atoms with van der Waals surface area (Å²) in [6.45, 7) is 2.06. The average Bonchev–Trinajstić information content (AvgIpc) is 2.62. The average molecular weight is 360 g/mol. The Morgan fingerprint density at radius 1 is 1.08 bits per heavy atom. The van der Waals surface area contributed by atoms with E-state index in [1.165, 1.54) is 26.2 Å². The largest absolute Gasteiger partial charge is 0.345 e. The van der Waals surface area contributed by atoms with Gasteiger partial charge >= 0.3 is 0 Å². The lowest BCUT2D eigenvalue weighted by Gasteiger charge is -2.19. The molecule has 2 aromatic carbocycles. The van der Waals surface area contributed by atoms with Crippen LogP contribution in [0.25, 0.3) is 0 Å². The fourth-order valence-corrected chi connectivity index (χ4v) is 3.49. The van der Waals surface area contributed by atoms with Gasteiger partial charge in [0, 0.05) is 19.7 Å². The molecular weight excluding hydrogens is 336 g/mol.